The molecule has 0 aliphatic rings. The largest absolute Gasteiger partial charge is 0.496 e. The zero-order chi connectivity index (χ0) is 22.4. The normalized spacial score (nSPS) is 10.7. The number of aromatic nitrogens is 1. The molecule has 0 spiro atoms. The summed E-state index contributed by atoms with van der Waals surface area (Å²) in [6, 6.07) is 13.8. The smallest absolute Gasteiger partial charge is 0.254 e. The van der Waals surface area contributed by atoms with E-state index >= 15 is 0 Å². The van der Waals surface area contributed by atoms with Crippen molar-refractivity contribution in [3.05, 3.63) is 74.2 Å². The first-order valence-corrected chi connectivity index (χ1v) is 11.3. The molecule has 0 aliphatic carbocycles. The fourth-order valence-electron chi connectivity index (χ4n) is 3.43. The van der Waals surface area contributed by atoms with Gasteiger partial charge in [0.15, 0.2) is 0 Å². The molecule has 3 aromatic rings. The molecular weight excluding hydrogens is 432 g/mol. The minimum absolute atomic E-state index is 0.0892. The van der Waals surface area contributed by atoms with Gasteiger partial charge in [-0.1, -0.05) is 41.9 Å². The van der Waals surface area contributed by atoms with Gasteiger partial charge >= 0.3 is 0 Å². The first-order chi connectivity index (χ1) is 14.9. The number of amides is 1. The molecule has 7 heteroatoms. The van der Waals surface area contributed by atoms with Gasteiger partial charge in [-0.15, -0.1) is 11.3 Å². The van der Waals surface area contributed by atoms with E-state index in [1.54, 1.807) is 26.4 Å². The van der Waals surface area contributed by atoms with E-state index in [0.29, 0.717) is 34.5 Å². The molecule has 1 heterocycles. The zero-order valence-corrected chi connectivity index (χ0v) is 19.8. The predicted molar refractivity (Wildman–Crippen MR) is 126 cm³/mol. The van der Waals surface area contributed by atoms with Crippen LogP contribution >= 0.6 is 22.9 Å². The molecule has 31 heavy (non-hydrogen) atoms. The summed E-state index contributed by atoms with van der Waals surface area (Å²) in [5, 5.41) is 0.821. The second-order valence-corrected chi connectivity index (χ2v) is 8.97. The highest BCUT2D eigenvalue weighted by molar-refractivity contribution is 7.16. The van der Waals surface area contributed by atoms with Crippen LogP contribution in [0.15, 0.2) is 42.5 Å². The van der Waals surface area contributed by atoms with Gasteiger partial charge < -0.3 is 14.4 Å². The highest BCUT2D eigenvalue weighted by Crippen LogP contribution is 2.31. The first-order valence-electron chi connectivity index (χ1n) is 10.1. The number of thiazole rings is 1. The Bertz CT molecular complexity index is 992. The summed E-state index contributed by atoms with van der Waals surface area (Å²) in [7, 11) is 3.18. The maximum atomic E-state index is 13.5. The lowest BCUT2D eigenvalue weighted by Crippen LogP contribution is -2.32. The summed E-state index contributed by atoms with van der Waals surface area (Å²) in [6.45, 7) is 4.79. The maximum Gasteiger partial charge on any atom is 0.254 e. The Kier molecular flexibility index (Phi) is 7.93. The third-order valence-corrected chi connectivity index (χ3v) is 6.57. The lowest BCUT2D eigenvalue weighted by Gasteiger charge is -2.23. The van der Waals surface area contributed by atoms with Crippen molar-refractivity contribution >= 4 is 28.8 Å². The maximum absolute atomic E-state index is 13.5. The molecule has 1 aromatic heterocycles. The second kappa shape index (κ2) is 10.6. The third-order valence-electron chi connectivity index (χ3n) is 5.13. The van der Waals surface area contributed by atoms with Crippen molar-refractivity contribution in [2.24, 2.45) is 0 Å². The molecule has 0 N–H and O–H groups in total. The fourth-order valence-corrected chi connectivity index (χ4v) is 4.54. The molecule has 0 aliphatic heterocycles. The fraction of sp³-hybridized carbons (Fsp3) is 0.333. The molecule has 0 radical (unpaired) electrons. The number of nitrogens with zero attached hydrogens (tertiary/aromatic N) is 2. The molecule has 3 rings (SSSR count). The predicted octanol–water partition coefficient (Wildman–Crippen LogP) is 5.71. The van der Waals surface area contributed by atoms with Crippen LogP contribution < -0.4 is 9.47 Å². The van der Waals surface area contributed by atoms with E-state index in [2.05, 4.69) is 17.1 Å². The lowest BCUT2D eigenvalue weighted by atomic mass is 10.1. The molecular formula is C24H27ClN2O3S. The van der Waals surface area contributed by atoms with Crippen LogP contribution in [0.2, 0.25) is 4.34 Å². The lowest BCUT2D eigenvalue weighted by molar-refractivity contribution is 0.0740. The van der Waals surface area contributed by atoms with E-state index in [0.717, 1.165) is 29.1 Å². The summed E-state index contributed by atoms with van der Waals surface area (Å²) >= 11 is 7.62. The Hall–Kier alpha value is -2.57. The Morgan fingerprint density at radius 2 is 1.74 bits per heavy atom. The molecule has 0 bridgehead atoms. The van der Waals surface area contributed by atoms with Crippen LogP contribution in [0.1, 0.15) is 38.6 Å². The molecule has 5 nitrogen and oxygen atoms in total. The Morgan fingerprint density at radius 3 is 2.29 bits per heavy atom. The van der Waals surface area contributed by atoms with Gasteiger partial charge in [-0.25, -0.2) is 4.98 Å². The van der Waals surface area contributed by atoms with Gasteiger partial charge in [-0.2, -0.15) is 0 Å². The van der Waals surface area contributed by atoms with Gasteiger partial charge in [-0.05, 0) is 44.4 Å². The van der Waals surface area contributed by atoms with Crippen LogP contribution in [0.25, 0.3) is 0 Å². The van der Waals surface area contributed by atoms with E-state index in [9.17, 15) is 4.79 Å². The minimum atomic E-state index is -0.0892. The number of halogens is 1. The molecule has 0 saturated heterocycles. The van der Waals surface area contributed by atoms with Gasteiger partial charge in [0, 0.05) is 17.7 Å². The van der Waals surface area contributed by atoms with Crippen molar-refractivity contribution in [1.82, 2.24) is 9.88 Å². The summed E-state index contributed by atoms with van der Waals surface area (Å²) in [5.41, 5.74) is 3.43. The standard InChI is InChI=1S/C24H27ClN2O3S/c1-16-20(29-3)13-19(14-21(16)30-4)24(28)27(15-22-26-17(2)23(25)31-22)12-8-11-18-9-6-5-7-10-18/h5-7,9-10,13-14H,8,11-12,15H2,1-4H3. The summed E-state index contributed by atoms with van der Waals surface area (Å²) in [5.74, 6) is 1.16. The number of rotatable bonds is 9. The van der Waals surface area contributed by atoms with E-state index in [1.165, 1.54) is 16.9 Å². The average Bonchev–Trinajstić information content (AvgIpc) is 3.10. The second-order valence-electron chi connectivity index (χ2n) is 7.29. The van der Waals surface area contributed by atoms with Gasteiger partial charge in [-0.3, -0.25) is 4.79 Å². The molecule has 0 unspecified atom stereocenters. The van der Waals surface area contributed by atoms with Crippen LogP contribution in [0.3, 0.4) is 0 Å². The topological polar surface area (TPSA) is 51.7 Å². The van der Waals surface area contributed by atoms with Crippen molar-refractivity contribution in [2.45, 2.75) is 33.2 Å². The van der Waals surface area contributed by atoms with Crippen LogP contribution in [0.5, 0.6) is 11.5 Å². The number of aryl methyl sites for hydroxylation is 2. The van der Waals surface area contributed by atoms with Gasteiger partial charge in [0.1, 0.15) is 20.8 Å². The average molecular weight is 459 g/mol. The number of methoxy groups -OCH3 is 2. The van der Waals surface area contributed by atoms with Crippen molar-refractivity contribution in [3.63, 3.8) is 0 Å². The SMILES string of the molecule is COc1cc(C(=O)N(CCCc2ccccc2)Cc2nc(C)c(Cl)s2)cc(OC)c1C. The van der Waals surface area contributed by atoms with Crippen LogP contribution in [-0.4, -0.2) is 36.6 Å². The number of carbonyl (C=O) groups excluding carboxylic acids is 1. The van der Waals surface area contributed by atoms with Gasteiger partial charge in [0.05, 0.1) is 26.5 Å². The van der Waals surface area contributed by atoms with Crippen molar-refractivity contribution < 1.29 is 14.3 Å². The highest BCUT2D eigenvalue weighted by Gasteiger charge is 2.21. The van der Waals surface area contributed by atoms with Crippen molar-refractivity contribution in [2.75, 3.05) is 20.8 Å². The van der Waals surface area contributed by atoms with Crippen LogP contribution in [0, 0.1) is 13.8 Å². The van der Waals surface area contributed by atoms with Crippen molar-refractivity contribution in [1.29, 1.82) is 0 Å². The zero-order valence-electron chi connectivity index (χ0n) is 18.3. The quantitative estimate of drug-likeness (QED) is 0.412. The number of hydrogen-bond acceptors (Lipinski definition) is 5. The Labute approximate surface area is 192 Å². The Morgan fingerprint density at radius 1 is 1.10 bits per heavy atom. The van der Waals surface area contributed by atoms with E-state index in [-0.39, 0.29) is 5.91 Å². The highest BCUT2D eigenvalue weighted by atomic mass is 35.5. The molecule has 0 fully saturated rings. The number of ether oxygens (including phenoxy) is 2. The summed E-state index contributed by atoms with van der Waals surface area (Å²) in [4.78, 5) is 19.8. The van der Waals surface area contributed by atoms with E-state index in [4.69, 9.17) is 21.1 Å². The molecule has 2 aromatic carbocycles. The summed E-state index contributed by atoms with van der Waals surface area (Å²) in [6.07, 6.45) is 1.73. The number of hydrogen-bond donors (Lipinski definition) is 0. The molecule has 164 valence electrons. The van der Waals surface area contributed by atoms with Gasteiger partial charge in [0.2, 0.25) is 0 Å². The van der Waals surface area contributed by atoms with Gasteiger partial charge in [0.25, 0.3) is 5.91 Å². The minimum Gasteiger partial charge on any atom is -0.496 e. The molecule has 0 atom stereocenters. The van der Waals surface area contributed by atoms with Crippen LogP contribution in [0.4, 0.5) is 0 Å². The van der Waals surface area contributed by atoms with Crippen molar-refractivity contribution in [3.8, 4) is 11.5 Å². The monoisotopic (exact) mass is 458 g/mol. The van der Waals surface area contributed by atoms with E-state index in [1.807, 2.05) is 36.9 Å². The van der Waals surface area contributed by atoms with E-state index < -0.39 is 0 Å². The first kappa shape index (κ1) is 23.1. The van der Waals surface area contributed by atoms with Crippen LogP contribution in [-0.2, 0) is 13.0 Å². The molecule has 0 saturated carbocycles. The number of carbonyl (C=O) groups is 1. The Balaban J connectivity index is 1.84. The molecule has 1 amide bonds. The third kappa shape index (κ3) is 5.77. The number of benzene rings is 2. The summed E-state index contributed by atoms with van der Waals surface area (Å²) < 4.78 is 11.6.